The summed E-state index contributed by atoms with van der Waals surface area (Å²) in [6.45, 7) is 8.76. The summed E-state index contributed by atoms with van der Waals surface area (Å²) in [7, 11) is 1.72. The highest BCUT2D eigenvalue weighted by Crippen LogP contribution is 2.24. The Morgan fingerprint density at radius 2 is 1.77 bits per heavy atom. The number of benzene rings is 1. The van der Waals surface area contributed by atoms with Crippen molar-refractivity contribution in [3.8, 4) is 5.75 Å². The van der Waals surface area contributed by atoms with Crippen LogP contribution in [-0.4, -0.2) is 25.2 Å². The first-order valence-electron chi connectivity index (χ1n) is 7.62. The maximum absolute atomic E-state index is 5.40. The molecule has 0 unspecified atom stereocenters. The molecule has 2 rings (SSSR count). The van der Waals surface area contributed by atoms with Gasteiger partial charge in [-0.1, -0.05) is 18.2 Å². The van der Waals surface area contributed by atoms with Crippen LogP contribution in [0.3, 0.4) is 0 Å². The number of nitrogens with zero attached hydrogens (tertiary/aromatic N) is 1. The molecule has 0 fully saturated rings. The van der Waals surface area contributed by atoms with Gasteiger partial charge in [-0.15, -0.1) is 0 Å². The molecular weight excluding hydrogens is 274 g/mol. The van der Waals surface area contributed by atoms with Gasteiger partial charge in [0.1, 0.15) is 11.6 Å². The molecule has 4 heteroatoms. The minimum absolute atomic E-state index is 0.852. The quantitative estimate of drug-likeness (QED) is 0.771. The van der Waals surface area contributed by atoms with Gasteiger partial charge in [-0.25, -0.2) is 4.98 Å². The number of ether oxygens (including phenoxy) is 1. The van der Waals surface area contributed by atoms with E-state index in [1.807, 2.05) is 25.1 Å². The third-order valence-electron chi connectivity index (χ3n) is 3.55. The summed E-state index contributed by atoms with van der Waals surface area (Å²) in [4.78, 5) is 4.42. The Morgan fingerprint density at radius 3 is 2.41 bits per heavy atom. The SMILES string of the molecule is COc1c(C)cc(CNCCNc2cccc(C)n2)cc1C. The van der Waals surface area contributed by atoms with Gasteiger partial charge < -0.3 is 15.4 Å². The normalized spacial score (nSPS) is 10.5. The Kier molecular flexibility index (Phi) is 5.78. The Morgan fingerprint density at radius 1 is 1.05 bits per heavy atom. The Bertz CT molecular complexity index is 602. The van der Waals surface area contributed by atoms with Gasteiger partial charge in [0.2, 0.25) is 0 Å². The zero-order valence-corrected chi connectivity index (χ0v) is 13.9. The molecule has 0 radical (unpaired) electrons. The van der Waals surface area contributed by atoms with E-state index in [2.05, 4.69) is 41.6 Å². The van der Waals surface area contributed by atoms with Gasteiger partial charge in [-0.05, 0) is 49.6 Å². The highest BCUT2D eigenvalue weighted by Gasteiger charge is 2.04. The average Bonchev–Trinajstić information content (AvgIpc) is 2.47. The molecule has 0 atom stereocenters. The molecule has 0 saturated carbocycles. The molecule has 0 aliphatic rings. The lowest BCUT2D eigenvalue weighted by atomic mass is 10.1. The van der Waals surface area contributed by atoms with Crippen molar-refractivity contribution in [1.82, 2.24) is 10.3 Å². The zero-order chi connectivity index (χ0) is 15.9. The zero-order valence-electron chi connectivity index (χ0n) is 13.9. The molecule has 1 aromatic heterocycles. The fourth-order valence-electron chi connectivity index (χ4n) is 2.62. The summed E-state index contributed by atoms with van der Waals surface area (Å²) in [5.41, 5.74) is 4.68. The van der Waals surface area contributed by atoms with E-state index in [0.29, 0.717) is 0 Å². The lowest BCUT2D eigenvalue weighted by Gasteiger charge is -2.12. The molecule has 0 aliphatic heterocycles. The third kappa shape index (κ3) is 4.46. The van der Waals surface area contributed by atoms with Crippen LogP contribution in [-0.2, 0) is 6.54 Å². The topological polar surface area (TPSA) is 46.2 Å². The van der Waals surface area contributed by atoms with E-state index in [1.165, 1.54) is 16.7 Å². The maximum Gasteiger partial charge on any atom is 0.126 e. The first kappa shape index (κ1) is 16.3. The summed E-state index contributed by atoms with van der Waals surface area (Å²) in [6.07, 6.45) is 0. The van der Waals surface area contributed by atoms with Crippen LogP contribution in [0.25, 0.3) is 0 Å². The van der Waals surface area contributed by atoms with Crippen molar-refractivity contribution < 1.29 is 4.74 Å². The van der Waals surface area contributed by atoms with Crippen LogP contribution in [0.5, 0.6) is 5.75 Å². The molecule has 4 nitrogen and oxygen atoms in total. The molecule has 0 bridgehead atoms. The molecule has 0 amide bonds. The molecule has 118 valence electrons. The van der Waals surface area contributed by atoms with Gasteiger partial charge in [0.05, 0.1) is 7.11 Å². The van der Waals surface area contributed by atoms with Crippen molar-refractivity contribution in [2.75, 3.05) is 25.5 Å². The van der Waals surface area contributed by atoms with Gasteiger partial charge >= 0.3 is 0 Å². The van der Waals surface area contributed by atoms with E-state index < -0.39 is 0 Å². The van der Waals surface area contributed by atoms with Gasteiger partial charge in [0, 0.05) is 25.3 Å². The first-order chi connectivity index (χ1) is 10.6. The van der Waals surface area contributed by atoms with Gasteiger partial charge in [-0.2, -0.15) is 0 Å². The standard InChI is InChI=1S/C18H25N3O/c1-13-10-16(11-14(2)18(13)22-4)12-19-8-9-20-17-7-5-6-15(3)21-17/h5-7,10-11,19H,8-9,12H2,1-4H3,(H,20,21). The van der Waals surface area contributed by atoms with Crippen molar-refractivity contribution in [1.29, 1.82) is 0 Å². The second-order valence-corrected chi connectivity index (χ2v) is 5.53. The van der Waals surface area contributed by atoms with Gasteiger partial charge in [0.15, 0.2) is 0 Å². The van der Waals surface area contributed by atoms with Crippen LogP contribution in [0.4, 0.5) is 5.82 Å². The van der Waals surface area contributed by atoms with E-state index in [0.717, 1.165) is 36.9 Å². The number of methoxy groups -OCH3 is 1. The number of rotatable bonds is 7. The monoisotopic (exact) mass is 299 g/mol. The highest BCUT2D eigenvalue weighted by molar-refractivity contribution is 5.43. The van der Waals surface area contributed by atoms with Crippen molar-refractivity contribution in [2.24, 2.45) is 0 Å². The maximum atomic E-state index is 5.40. The molecule has 1 aromatic carbocycles. The largest absolute Gasteiger partial charge is 0.496 e. The summed E-state index contributed by atoms with van der Waals surface area (Å²) < 4.78 is 5.40. The molecule has 2 aromatic rings. The van der Waals surface area contributed by atoms with Crippen molar-refractivity contribution in [3.63, 3.8) is 0 Å². The smallest absolute Gasteiger partial charge is 0.126 e. The summed E-state index contributed by atoms with van der Waals surface area (Å²) in [5, 5.41) is 6.77. The van der Waals surface area contributed by atoms with E-state index in [9.17, 15) is 0 Å². The second kappa shape index (κ2) is 7.80. The number of nitrogens with one attached hydrogen (secondary N) is 2. The lowest BCUT2D eigenvalue weighted by molar-refractivity contribution is 0.408. The Hall–Kier alpha value is -2.07. The number of hydrogen-bond acceptors (Lipinski definition) is 4. The van der Waals surface area contributed by atoms with Crippen molar-refractivity contribution in [2.45, 2.75) is 27.3 Å². The average molecular weight is 299 g/mol. The Labute approximate surface area is 132 Å². The van der Waals surface area contributed by atoms with E-state index >= 15 is 0 Å². The molecule has 0 aliphatic carbocycles. The van der Waals surface area contributed by atoms with Crippen LogP contribution in [0.2, 0.25) is 0 Å². The second-order valence-electron chi connectivity index (χ2n) is 5.53. The number of hydrogen-bond donors (Lipinski definition) is 2. The molecule has 22 heavy (non-hydrogen) atoms. The number of aromatic nitrogens is 1. The van der Waals surface area contributed by atoms with Crippen LogP contribution in [0.15, 0.2) is 30.3 Å². The van der Waals surface area contributed by atoms with E-state index in [4.69, 9.17) is 4.74 Å². The fraction of sp³-hybridized carbons (Fsp3) is 0.389. The van der Waals surface area contributed by atoms with Crippen LogP contribution in [0.1, 0.15) is 22.4 Å². The third-order valence-corrected chi connectivity index (χ3v) is 3.55. The molecule has 2 N–H and O–H groups in total. The number of pyridine rings is 1. The van der Waals surface area contributed by atoms with Gasteiger partial charge in [0.25, 0.3) is 0 Å². The summed E-state index contributed by atoms with van der Waals surface area (Å²) >= 11 is 0. The molecule has 0 saturated heterocycles. The molecular formula is C18H25N3O. The molecule has 0 spiro atoms. The Balaban J connectivity index is 1.77. The van der Waals surface area contributed by atoms with Crippen LogP contribution >= 0.6 is 0 Å². The fourth-order valence-corrected chi connectivity index (χ4v) is 2.62. The van der Waals surface area contributed by atoms with Crippen molar-refractivity contribution in [3.05, 3.63) is 52.7 Å². The summed E-state index contributed by atoms with van der Waals surface area (Å²) in [5.74, 6) is 1.91. The molecule has 1 heterocycles. The summed E-state index contributed by atoms with van der Waals surface area (Å²) in [6, 6.07) is 10.4. The van der Waals surface area contributed by atoms with E-state index in [-0.39, 0.29) is 0 Å². The minimum Gasteiger partial charge on any atom is -0.496 e. The predicted octanol–water partition coefficient (Wildman–Crippen LogP) is 3.22. The lowest BCUT2D eigenvalue weighted by Crippen LogP contribution is -2.22. The number of aryl methyl sites for hydroxylation is 3. The van der Waals surface area contributed by atoms with Crippen LogP contribution < -0.4 is 15.4 Å². The van der Waals surface area contributed by atoms with Crippen molar-refractivity contribution >= 4 is 5.82 Å². The highest BCUT2D eigenvalue weighted by atomic mass is 16.5. The van der Waals surface area contributed by atoms with Gasteiger partial charge in [-0.3, -0.25) is 0 Å². The van der Waals surface area contributed by atoms with E-state index in [1.54, 1.807) is 7.11 Å². The predicted molar refractivity (Wildman–Crippen MR) is 91.6 cm³/mol. The number of anilines is 1. The first-order valence-corrected chi connectivity index (χ1v) is 7.62. The van der Waals surface area contributed by atoms with Crippen LogP contribution in [0, 0.1) is 20.8 Å². The minimum atomic E-state index is 0.852.